The van der Waals surface area contributed by atoms with Gasteiger partial charge in [-0.25, -0.2) is 0 Å². The summed E-state index contributed by atoms with van der Waals surface area (Å²) in [6.07, 6.45) is 8.49. The zero-order chi connectivity index (χ0) is 16.2. The monoisotopic (exact) mass is 312 g/mol. The van der Waals surface area contributed by atoms with E-state index in [1.54, 1.807) is 0 Å². The zero-order valence-corrected chi connectivity index (χ0v) is 14.9. The minimum absolute atomic E-state index is 0.381. The average Bonchev–Trinajstić information content (AvgIpc) is 2.48. The van der Waals surface area contributed by atoms with Gasteiger partial charge in [0.1, 0.15) is 5.78 Å². The topological polar surface area (TPSA) is 35.5 Å². The maximum absolute atomic E-state index is 11.6. The average molecular weight is 312 g/mol. The molecule has 0 aromatic heterocycles. The van der Waals surface area contributed by atoms with E-state index in [1.165, 1.54) is 25.7 Å². The summed E-state index contributed by atoms with van der Waals surface area (Å²) in [5.41, 5.74) is 0. The van der Waals surface area contributed by atoms with Gasteiger partial charge in [-0.1, -0.05) is 20.8 Å². The number of hydrogen-bond acceptors (Lipinski definition) is 3. The third kappa shape index (κ3) is 9.58. The van der Waals surface area contributed by atoms with Gasteiger partial charge in [0.2, 0.25) is 0 Å². The Hall–Kier alpha value is -0.410. The molecule has 0 heterocycles. The molecule has 0 unspecified atom stereocenters. The number of hydrogen-bond donors (Lipinski definition) is 0. The van der Waals surface area contributed by atoms with Crippen LogP contribution in [0.2, 0.25) is 0 Å². The Morgan fingerprint density at radius 3 is 2.05 bits per heavy atom. The molecule has 1 saturated carbocycles. The maximum Gasteiger partial charge on any atom is 0.133 e. The lowest BCUT2D eigenvalue weighted by Crippen LogP contribution is -2.22. The largest absolute Gasteiger partial charge is 0.381 e. The van der Waals surface area contributed by atoms with Crippen LogP contribution in [-0.4, -0.2) is 32.2 Å². The lowest BCUT2D eigenvalue weighted by atomic mass is 9.83. The highest BCUT2D eigenvalue weighted by atomic mass is 16.5. The molecule has 0 aromatic rings. The van der Waals surface area contributed by atoms with Crippen molar-refractivity contribution in [3.05, 3.63) is 0 Å². The van der Waals surface area contributed by atoms with E-state index in [0.717, 1.165) is 45.2 Å². The Morgan fingerprint density at radius 2 is 1.55 bits per heavy atom. The van der Waals surface area contributed by atoms with Crippen LogP contribution in [0.4, 0.5) is 0 Å². The summed E-state index contributed by atoms with van der Waals surface area (Å²) in [6.45, 7) is 9.81. The number of Topliss-reactive ketones (excluding diaryl/α,β-unsaturated/α-hetero) is 1. The van der Waals surface area contributed by atoms with Crippen molar-refractivity contribution in [1.82, 2.24) is 0 Å². The highest BCUT2D eigenvalue weighted by Gasteiger charge is 2.21. The van der Waals surface area contributed by atoms with Crippen molar-refractivity contribution in [2.24, 2.45) is 17.8 Å². The molecular weight excluding hydrogens is 276 g/mol. The summed E-state index contributed by atoms with van der Waals surface area (Å²) in [5, 5.41) is 0. The molecule has 3 heteroatoms. The van der Waals surface area contributed by atoms with E-state index in [-0.39, 0.29) is 0 Å². The lowest BCUT2D eigenvalue weighted by molar-refractivity contribution is -0.120. The number of ketones is 1. The number of carbonyl (C=O) groups is 1. The molecule has 1 rings (SSSR count). The van der Waals surface area contributed by atoms with Gasteiger partial charge in [0.05, 0.1) is 0 Å². The molecule has 0 spiro atoms. The van der Waals surface area contributed by atoms with Gasteiger partial charge in [-0.05, 0) is 56.3 Å². The highest BCUT2D eigenvalue weighted by molar-refractivity contribution is 5.78. The van der Waals surface area contributed by atoms with Crippen LogP contribution in [0.1, 0.15) is 72.1 Å². The van der Waals surface area contributed by atoms with Crippen LogP contribution in [-0.2, 0) is 14.3 Å². The van der Waals surface area contributed by atoms with E-state index in [0.29, 0.717) is 30.5 Å². The van der Waals surface area contributed by atoms with Crippen LogP contribution in [0, 0.1) is 17.8 Å². The first kappa shape index (κ1) is 19.6. The smallest absolute Gasteiger partial charge is 0.133 e. The highest BCUT2D eigenvalue weighted by Crippen LogP contribution is 2.29. The quantitative estimate of drug-likeness (QED) is 0.493. The van der Waals surface area contributed by atoms with Crippen molar-refractivity contribution in [2.45, 2.75) is 72.1 Å². The van der Waals surface area contributed by atoms with Crippen LogP contribution in [0.5, 0.6) is 0 Å². The Kier molecular flexibility index (Phi) is 10.8. The van der Waals surface area contributed by atoms with Gasteiger partial charge in [-0.15, -0.1) is 0 Å². The minimum atomic E-state index is 0.381. The molecule has 3 nitrogen and oxygen atoms in total. The zero-order valence-electron chi connectivity index (χ0n) is 14.9. The first-order chi connectivity index (χ1) is 10.6. The van der Waals surface area contributed by atoms with Crippen LogP contribution in [0.15, 0.2) is 0 Å². The first-order valence-corrected chi connectivity index (χ1v) is 9.29. The fourth-order valence-electron chi connectivity index (χ4n) is 3.14. The van der Waals surface area contributed by atoms with Gasteiger partial charge in [-0.3, -0.25) is 4.79 Å². The fraction of sp³-hybridized carbons (Fsp3) is 0.947. The van der Waals surface area contributed by atoms with Crippen LogP contribution in [0.25, 0.3) is 0 Å². The van der Waals surface area contributed by atoms with Gasteiger partial charge in [0, 0.05) is 39.3 Å². The SMILES string of the molecule is CCCOCC1CCC(COCCCC(=O)CC(C)C)CC1. The van der Waals surface area contributed by atoms with Gasteiger partial charge in [0.25, 0.3) is 0 Å². The van der Waals surface area contributed by atoms with E-state index >= 15 is 0 Å². The summed E-state index contributed by atoms with van der Waals surface area (Å²) < 4.78 is 11.4. The van der Waals surface area contributed by atoms with Crippen molar-refractivity contribution in [3.8, 4) is 0 Å². The van der Waals surface area contributed by atoms with E-state index in [9.17, 15) is 4.79 Å². The Bertz CT molecular complexity index is 280. The molecule has 130 valence electrons. The molecule has 0 atom stereocenters. The van der Waals surface area contributed by atoms with Crippen molar-refractivity contribution in [2.75, 3.05) is 26.4 Å². The van der Waals surface area contributed by atoms with Gasteiger partial charge in [0.15, 0.2) is 0 Å². The molecule has 1 fully saturated rings. The normalized spacial score (nSPS) is 22.2. The molecule has 0 amide bonds. The minimum Gasteiger partial charge on any atom is -0.381 e. The summed E-state index contributed by atoms with van der Waals surface area (Å²) >= 11 is 0. The second-order valence-electron chi connectivity index (χ2n) is 7.28. The van der Waals surface area contributed by atoms with Gasteiger partial charge < -0.3 is 9.47 Å². The third-order valence-electron chi connectivity index (χ3n) is 4.40. The second kappa shape index (κ2) is 12.1. The summed E-state index contributed by atoms with van der Waals surface area (Å²) in [6, 6.07) is 0. The first-order valence-electron chi connectivity index (χ1n) is 9.29. The second-order valence-corrected chi connectivity index (χ2v) is 7.28. The lowest BCUT2D eigenvalue weighted by Gasteiger charge is -2.28. The van der Waals surface area contributed by atoms with Crippen molar-refractivity contribution < 1.29 is 14.3 Å². The van der Waals surface area contributed by atoms with Crippen molar-refractivity contribution in [3.63, 3.8) is 0 Å². The molecule has 1 aliphatic rings. The third-order valence-corrected chi connectivity index (χ3v) is 4.40. The van der Waals surface area contributed by atoms with Crippen LogP contribution >= 0.6 is 0 Å². The predicted octanol–water partition coefficient (Wildman–Crippen LogP) is 4.63. The summed E-state index contributed by atoms with van der Waals surface area (Å²) in [7, 11) is 0. The van der Waals surface area contributed by atoms with Gasteiger partial charge >= 0.3 is 0 Å². The van der Waals surface area contributed by atoms with E-state index in [1.807, 2.05) is 0 Å². The molecule has 0 N–H and O–H groups in total. The number of carbonyl (C=O) groups excluding carboxylic acids is 1. The molecular formula is C19H36O3. The van der Waals surface area contributed by atoms with Gasteiger partial charge in [-0.2, -0.15) is 0 Å². The summed E-state index contributed by atoms with van der Waals surface area (Å²) in [5.74, 6) is 2.33. The summed E-state index contributed by atoms with van der Waals surface area (Å²) in [4.78, 5) is 11.6. The Morgan fingerprint density at radius 1 is 1.00 bits per heavy atom. The molecule has 0 bridgehead atoms. The molecule has 1 aliphatic carbocycles. The fourth-order valence-corrected chi connectivity index (χ4v) is 3.14. The number of rotatable bonds is 12. The van der Waals surface area contributed by atoms with Crippen LogP contribution < -0.4 is 0 Å². The molecule has 0 aliphatic heterocycles. The Balaban J connectivity index is 1.95. The standard InChI is InChI=1S/C19H36O3/c1-4-11-21-14-17-7-9-18(10-8-17)15-22-12-5-6-19(20)13-16(2)3/h16-18H,4-15H2,1-3H3. The van der Waals surface area contributed by atoms with E-state index < -0.39 is 0 Å². The van der Waals surface area contributed by atoms with Crippen molar-refractivity contribution in [1.29, 1.82) is 0 Å². The molecule has 0 saturated heterocycles. The molecule has 22 heavy (non-hydrogen) atoms. The number of ether oxygens (including phenoxy) is 2. The van der Waals surface area contributed by atoms with Crippen molar-refractivity contribution >= 4 is 5.78 Å². The molecule has 0 aromatic carbocycles. The van der Waals surface area contributed by atoms with E-state index in [2.05, 4.69) is 20.8 Å². The van der Waals surface area contributed by atoms with Crippen LogP contribution in [0.3, 0.4) is 0 Å². The predicted molar refractivity (Wildman–Crippen MR) is 91.1 cm³/mol. The Labute approximate surface area is 137 Å². The van der Waals surface area contributed by atoms with E-state index in [4.69, 9.17) is 9.47 Å². The molecule has 0 radical (unpaired) electrons. The maximum atomic E-state index is 11.6.